The van der Waals surface area contributed by atoms with Gasteiger partial charge in [-0.2, -0.15) is 0 Å². The third-order valence-electron chi connectivity index (χ3n) is 2.40. The molecule has 0 saturated heterocycles. The van der Waals surface area contributed by atoms with E-state index in [1.165, 1.54) is 6.07 Å². The summed E-state index contributed by atoms with van der Waals surface area (Å²) in [5, 5.41) is 10.5. The topological polar surface area (TPSA) is 59.1 Å². The molecule has 1 aromatic carbocycles. The Morgan fingerprint density at radius 1 is 1.24 bits per heavy atom. The molecule has 0 fully saturated rings. The van der Waals surface area contributed by atoms with E-state index in [1.54, 1.807) is 24.4 Å². The molecule has 0 saturated carbocycles. The number of aromatic hydroxyl groups is 1. The van der Waals surface area contributed by atoms with Crippen LogP contribution < -0.4 is 5.73 Å². The second-order valence-corrected chi connectivity index (χ2v) is 4.40. The molecule has 1 atom stereocenters. The Balaban J connectivity index is 2.48. The van der Waals surface area contributed by atoms with Gasteiger partial charge in [0.15, 0.2) is 0 Å². The van der Waals surface area contributed by atoms with Crippen LogP contribution in [-0.2, 0) is 0 Å². The molecule has 88 valence electrons. The molecule has 2 aromatic rings. The first-order valence-electron chi connectivity index (χ1n) is 4.94. The van der Waals surface area contributed by atoms with Gasteiger partial charge in [-0.3, -0.25) is 4.98 Å². The Bertz CT molecular complexity index is 532. The molecule has 0 aliphatic carbocycles. The second kappa shape index (κ2) is 4.92. The van der Waals surface area contributed by atoms with E-state index in [0.29, 0.717) is 16.3 Å². The van der Waals surface area contributed by atoms with Gasteiger partial charge in [0.05, 0.1) is 16.8 Å². The van der Waals surface area contributed by atoms with Gasteiger partial charge in [0.25, 0.3) is 0 Å². The fourth-order valence-corrected chi connectivity index (χ4v) is 2.05. The summed E-state index contributed by atoms with van der Waals surface area (Å²) in [5.74, 6) is -0.0609. The van der Waals surface area contributed by atoms with E-state index in [2.05, 4.69) is 4.98 Å². The van der Waals surface area contributed by atoms with E-state index in [4.69, 9.17) is 28.9 Å². The summed E-state index contributed by atoms with van der Waals surface area (Å²) < 4.78 is 0. The highest BCUT2D eigenvalue weighted by Gasteiger charge is 2.17. The highest BCUT2D eigenvalue weighted by molar-refractivity contribution is 6.35. The zero-order valence-electron chi connectivity index (χ0n) is 8.77. The second-order valence-electron chi connectivity index (χ2n) is 3.56. The first-order chi connectivity index (χ1) is 8.09. The van der Waals surface area contributed by atoms with Crippen LogP contribution in [0.2, 0.25) is 10.0 Å². The number of halogens is 2. The van der Waals surface area contributed by atoms with Gasteiger partial charge in [0, 0.05) is 16.8 Å². The molecular weight excluding hydrogens is 259 g/mol. The molecule has 17 heavy (non-hydrogen) atoms. The average Bonchev–Trinajstić information content (AvgIpc) is 2.34. The molecular formula is C12H10Cl2N2O. The minimum atomic E-state index is -0.563. The number of hydrogen-bond acceptors (Lipinski definition) is 3. The summed E-state index contributed by atoms with van der Waals surface area (Å²) in [5.41, 5.74) is 7.11. The zero-order valence-corrected chi connectivity index (χ0v) is 10.3. The number of nitrogens with zero attached hydrogens (tertiary/aromatic N) is 1. The van der Waals surface area contributed by atoms with E-state index >= 15 is 0 Å². The predicted octanol–water partition coefficient (Wildman–Crippen LogP) is 3.14. The zero-order chi connectivity index (χ0) is 12.4. The largest absolute Gasteiger partial charge is 0.506 e. The Labute approximate surface area is 109 Å². The third kappa shape index (κ3) is 2.52. The van der Waals surface area contributed by atoms with Crippen molar-refractivity contribution in [2.45, 2.75) is 6.04 Å². The lowest BCUT2D eigenvalue weighted by Crippen LogP contribution is -2.13. The number of nitrogens with two attached hydrogens (primary N) is 1. The van der Waals surface area contributed by atoms with Gasteiger partial charge in [0.1, 0.15) is 5.75 Å². The lowest BCUT2D eigenvalue weighted by Gasteiger charge is -2.14. The van der Waals surface area contributed by atoms with Crippen LogP contribution in [0.4, 0.5) is 0 Å². The smallest absolute Gasteiger partial charge is 0.139 e. The number of rotatable bonds is 2. The molecule has 0 bridgehead atoms. The van der Waals surface area contributed by atoms with Crippen LogP contribution in [-0.4, -0.2) is 10.1 Å². The van der Waals surface area contributed by atoms with E-state index in [0.717, 1.165) is 0 Å². The SMILES string of the molecule is NC(c1ccccn1)c1cc(Cl)cc(Cl)c1O. The maximum atomic E-state index is 9.86. The summed E-state index contributed by atoms with van der Waals surface area (Å²) in [6.45, 7) is 0. The van der Waals surface area contributed by atoms with Crippen molar-refractivity contribution in [3.05, 3.63) is 57.8 Å². The maximum absolute atomic E-state index is 9.86. The van der Waals surface area contributed by atoms with Gasteiger partial charge in [-0.25, -0.2) is 0 Å². The van der Waals surface area contributed by atoms with Gasteiger partial charge in [-0.05, 0) is 24.3 Å². The van der Waals surface area contributed by atoms with E-state index < -0.39 is 6.04 Å². The molecule has 0 aliphatic rings. The van der Waals surface area contributed by atoms with Crippen molar-refractivity contribution < 1.29 is 5.11 Å². The standard InChI is InChI=1S/C12H10Cl2N2O/c13-7-5-8(12(17)9(14)6-7)11(15)10-3-1-2-4-16-10/h1-6,11,17H,15H2. The van der Waals surface area contributed by atoms with Gasteiger partial charge in [-0.15, -0.1) is 0 Å². The van der Waals surface area contributed by atoms with Crippen LogP contribution in [0.3, 0.4) is 0 Å². The first-order valence-corrected chi connectivity index (χ1v) is 5.69. The van der Waals surface area contributed by atoms with E-state index in [1.807, 2.05) is 6.07 Å². The number of benzene rings is 1. The van der Waals surface area contributed by atoms with Gasteiger partial charge < -0.3 is 10.8 Å². The van der Waals surface area contributed by atoms with Crippen molar-refractivity contribution in [3.8, 4) is 5.75 Å². The Morgan fingerprint density at radius 3 is 2.65 bits per heavy atom. The summed E-state index contributed by atoms with van der Waals surface area (Å²) in [6, 6.07) is 7.88. The summed E-state index contributed by atoms with van der Waals surface area (Å²) in [7, 11) is 0. The molecule has 1 heterocycles. The molecule has 5 heteroatoms. The fourth-order valence-electron chi connectivity index (χ4n) is 1.54. The van der Waals surface area contributed by atoms with Crippen LogP contribution in [0.1, 0.15) is 17.3 Å². The van der Waals surface area contributed by atoms with Gasteiger partial charge in [-0.1, -0.05) is 29.3 Å². The van der Waals surface area contributed by atoms with Crippen molar-refractivity contribution in [2.24, 2.45) is 5.73 Å². The number of hydrogen-bond donors (Lipinski definition) is 2. The lowest BCUT2D eigenvalue weighted by molar-refractivity contribution is 0.465. The van der Waals surface area contributed by atoms with E-state index in [9.17, 15) is 5.11 Å². The molecule has 3 N–H and O–H groups in total. The monoisotopic (exact) mass is 268 g/mol. The Hall–Kier alpha value is -1.29. The number of phenols is 1. The van der Waals surface area contributed by atoms with Crippen LogP contribution in [0.25, 0.3) is 0 Å². The Kier molecular flexibility index (Phi) is 3.52. The van der Waals surface area contributed by atoms with E-state index in [-0.39, 0.29) is 10.8 Å². The molecule has 1 aromatic heterocycles. The number of pyridine rings is 1. The van der Waals surface area contributed by atoms with Crippen LogP contribution in [0, 0.1) is 0 Å². The van der Waals surface area contributed by atoms with Crippen molar-refractivity contribution in [1.82, 2.24) is 4.98 Å². The van der Waals surface area contributed by atoms with Gasteiger partial charge >= 0.3 is 0 Å². The molecule has 2 rings (SSSR count). The normalized spacial score (nSPS) is 12.4. The number of aromatic nitrogens is 1. The minimum absolute atomic E-state index is 0.0609. The first kappa shape index (κ1) is 12.2. The van der Waals surface area contributed by atoms with Crippen LogP contribution in [0.5, 0.6) is 5.75 Å². The average molecular weight is 269 g/mol. The van der Waals surface area contributed by atoms with Crippen molar-refractivity contribution >= 4 is 23.2 Å². The molecule has 3 nitrogen and oxygen atoms in total. The summed E-state index contributed by atoms with van der Waals surface area (Å²) in [6.07, 6.45) is 1.64. The minimum Gasteiger partial charge on any atom is -0.506 e. The van der Waals surface area contributed by atoms with Crippen molar-refractivity contribution in [2.75, 3.05) is 0 Å². The summed E-state index contributed by atoms with van der Waals surface area (Å²) in [4.78, 5) is 4.13. The third-order valence-corrected chi connectivity index (χ3v) is 2.91. The molecule has 0 aliphatic heterocycles. The lowest BCUT2D eigenvalue weighted by atomic mass is 10.0. The fraction of sp³-hybridized carbons (Fsp3) is 0.0833. The molecule has 0 amide bonds. The Morgan fingerprint density at radius 2 is 2.00 bits per heavy atom. The summed E-state index contributed by atoms with van der Waals surface area (Å²) >= 11 is 11.7. The highest BCUT2D eigenvalue weighted by atomic mass is 35.5. The van der Waals surface area contributed by atoms with Crippen LogP contribution in [0.15, 0.2) is 36.5 Å². The maximum Gasteiger partial charge on any atom is 0.139 e. The van der Waals surface area contributed by atoms with Crippen molar-refractivity contribution in [1.29, 1.82) is 0 Å². The quantitative estimate of drug-likeness (QED) is 0.880. The van der Waals surface area contributed by atoms with Crippen molar-refractivity contribution in [3.63, 3.8) is 0 Å². The number of phenolic OH excluding ortho intramolecular Hbond substituents is 1. The highest BCUT2D eigenvalue weighted by Crippen LogP contribution is 2.35. The molecule has 0 radical (unpaired) electrons. The predicted molar refractivity (Wildman–Crippen MR) is 68.4 cm³/mol. The van der Waals surface area contributed by atoms with Crippen LogP contribution >= 0.6 is 23.2 Å². The molecule has 1 unspecified atom stereocenters. The van der Waals surface area contributed by atoms with Gasteiger partial charge in [0.2, 0.25) is 0 Å². The molecule has 0 spiro atoms.